The van der Waals surface area contributed by atoms with Crippen LogP contribution in [-0.4, -0.2) is 27.3 Å². The summed E-state index contributed by atoms with van der Waals surface area (Å²) in [6, 6.07) is 10.2. The summed E-state index contributed by atoms with van der Waals surface area (Å²) in [6.45, 7) is 0.793. The molecule has 0 unspecified atom stereocenters. The Morgan fingerprint density at radius 2 is 2.11 bits per heavy atom. The average molecular weight is 245 g/mol. The number of aromatic nitrogens is 2. The van der Waals surface area contributed by atoms with Crippen molar-refractivity contribution < 1.29 is 5.11 Å². The van der Waals surface area contributed by atoms with Crippen LogP contribution in [0.15, 0.2) is 42.7 Å². The Kier molecular flexibility index (Phi) is 4.50. The fourth-order valence-electron chi connectivity index (χ4n) is 1.90. The topological polar surface area (TPSA) is 50.1 Å². The number of imidazole rings is 1. The van der Waals surface area contributed by atoms with Crippen molar-refractivity contribution in [2.75, 3.05) is 6.61 Å². The lowest BCUT2D eigenvalue weighted by Crippen LogP contribution is -2.34. The lowest BCUT2D eigenvalue weighted by Gasteiger charge is -2.16. The first-order valence-corrected chi connectivity index (χ1v) is 6.14. The van der Waals surface area contributed by atoms with Gasteiger partial charge in [-0.3, -0.25) is 0 Å². The molecule has 0 saturated carbocycles. The molecule has 2 N–H and O–H groups in total. The smallest absolute Gasteiger partial charge is 0.122 e. The summed E-state index contributed by atoms with van der Waals surface area (Å²) >= 11 is 0. The standard InChI is InChI=1S/C14H19N3O/c1-17-8-7-15-14(17)10-16-13(11-18)9-12-5-3-2-4-6-12/h2-8,13,16,18H,9-11H2,1H3/t13-/m0/s1. The number of aliphatic hydroxyl groups excluding tert-OH is 1. The van der Waals surface area contributed by atoms with Crippen molar-refractivity contribution in [3.05, 3.63) is 54.1 Å². The summed E-state index contributed by atoms with van der Waals surface area (Å²) < 4.78 is 1.98. The lowest BCUT2D eigenvalue weighted by molar-refractivity contribution is 0.239. The molecule has 0 saturated heterocycles. The second-order valence-corrected chi connectivity index (χ2v) is 4.40. The molecule has 0 amide bonds. The number of aryl methyl sites for hydroxylation is 1. The molecule has 0 aliphatic rings. The second-order valence-electron chi connectivity index (χ2n) is 4.40. The van der Waals surface area contributed by atoms with E-state index in [-0.39, 0.29) is 12.6 Å². The summed E-state index contributed by atoms with van der Waals surface area (Å²) in [5, 5.41) is 12.7. The maximum Gasteiger partial charge on any atom is 0.122 e. The first-order chi connectivity index (χ1) is 8.79. The van der Waals surface area contributed by atoms with E-state index in [1.54, 1.807) is 6.20 Å². The van der Waals surface area contributed by atoms with Gasteiger partial charge in [-0.05, 0) is 12.0 Å². The fourth-order valence-corrected chi connectivity index (χ4v) is 1.90. The largest absolute Gasteiger partial charge is 0.395 e. The van der Waals surface area contributed by atoms with Crippen LogP contribution in [0.4, 0.5) is 0 Å². The van der Waals surface area contributed by atoms with E-state index < -0.39 is 0 Å². The van der Waals surface area contributed by atoms with Crippen molar-refractivity contribution in [2.24, 2.45) is 7.05 Å². The van der Waals surface area contributed by atoms with Crippen molar-refractivity contribution in [2.45, 2.75) is 19.0 Å². The van der Waals surface area contributed by atoms with Crippen molar-refractivity contribution in [1.29, 1.82) is 0 Å². The molecule has 1 heterocycles. The molecule has 0 radical (unpaired) electrons. The van der Waals surface area contributed by atoms with E-state index in [1.807, 2.05) is 36.0 Å². The predicted octanol–water partition coefficient (Wildman–Crippen LogP) is 1.11. The third-order valence-electron chi connectivity index (χ3n) is 3.02. The van der Waals surface area contributed by atoms with Crippen LogP contribution in [0.5, 0.6) is 0 Å². The molecule has 0 bridgehead atoms. The van der Waals surface area contributed by atoms with E-state index in [2.05, 4.69) is 22.4 Å². The molecule has 96 valence electrons. The number of hydrogen-bond donors (Lipinski definition) is 2. The van der Waals surface area contributed by atoms with Crippen LogP contribution < -0.4 is 5.32 Å². The van der Waals surface area contributed by atoms with Gasteiger partial charge in [-0.1, -0.05) is 30.3 Å². The van der Waals surface area contributed by atoms with Crippen LogP contribution in [0.1, 0.15) is 11.4 Å². The second kappa shape index (κ2) is 6.33. The monoisotopic (exact) mass is 245 g/mol. The van der Waals surface area contributed by atoms with E-state index >= 15 is 0 Å². The number of hydrogen-bond acceptors (Lipinski definition) is 3. The zero-order valence-corrected chi connectivity index (χ0v) is 10.6. The van der Waals surface area contributed by atoms with Gasteiger partial charge >= 0.3 is 0 Å². The van der Waals surface area contributed by atoms with Crippen molar-refractivity contribution in [1.82, 2.24) is 14.9 Å². The van der Waals surface area contributed by atoms with Crippen LogP contribution in [0.2, 0.25) is 0 Å². The minimum Gasteiger partial charge on any atom is -0.395 e. The Morgan fingerprint density at radius 1 is 1.33 bits per heavy atom. The SMILES string of the molecule is Cn1ccnc1CN[C@H](CO)Cc1ccccc1. The van der Waals surface area contributed by atoms with Gasteiger partial charge in [0.15, 0.2) is 0 Å². The van der Waals surface area contributed by atoms with Gasteiger partial charge in [0.05, 0.1) is 13.2 Å². The third-order valence-corrected chi connectivity index (χ3v) is 3.02. The molecule has 1 aromatic heterocycles. The number of nitrogens with zero attached hydrogens (tertiary/aromatic N) is 2. The normalized spacial score (nSPS) is 12.6. The first-order valence-electron chi connectivity index (χ1n) is 6.14. The molecule has 0 fully saturated rings. The highest BCUT2D eigenvalue weighted by molar-refractivity contribution is 5.15. The summed E-state index contributed by atoms with van der Waals surface area (Å²) in [7, 11) is 1.97. The van der Waals surface area contributed by atoms with Crippen molar-refractivity contribution >= 4 is 0 Å². The highest BCUT2D eigenvalue weighted by Crippen LogP contribution is 2.03. The molecular formula is C14H19N3O. The Morgan fingerprint density at radius 3 is 2.72 bits per heavy atom. The number of benzene rings is 1. The lowest BCUT2D eigenvalue weighted by atomic mass is 10.1. The fraction of sp³-hybridized carbons (Fsp3) is 0.357. The zero-order chi connectivity index (χ0) is 12.8. The van der Waals surface area contributed by atoms with Gasteiger partial charge < -0.3 is 15.0 Å². The van der Waals surface area contributed by atoms with Crippen molar-refractivity contribution in [3.63, 3.8) is 0 Å². The van der Waals surface area contributed by atoms with Gasteiger partial charge in [-0.15, -0.1) is 0 Å². The molecule has 0 aliphatic carbocycles. The highest BCUT2D eigenvalue weighted by atomic mass is 16.3. The molecule has 4 heteroatoms. The summed E-state index contributed by atoms with van der Waals surface area (Å²) in [6.07, 6.45) is 4.52. The van der Waals surface area contributed by atoms with Gasteiger partial charge in [0, 0.05) is 25.5 Å². The van der Waals surface area contributed by atoms with E-state index in [0.29, 0.717) is 6.54 Å². The molecule has 18 heavy (non-hydrogen) atoms. The number of aliphatic hydroxyl groups is 1. The van der Waals surface area contributed by atoms with E-state index in [0.717, 1.165) is 12.2 Å². The molecule has 1 aromatic carbocycles. The van der Waals surface area contributed by atoms with E-state index in [1.165, 1.54) is 5.56 Å². The Labute approximate surface area is 107 Å². The van der Waals surface area contributed by atoms with Gasteiger partial charge in [0.1, 0.15) is 5.82 Å². The minimum absolute atomic E-state index is 0.0594. The van der Waals surface area contributed by atoms with Crippen LogP contribution >= 0.6 is 0 Å². The Hall–Kier alpha value is -1.65. The number of rotatable bonds is 6. The van der Waals surface area contributed by atoms with Crippen LogP contribution in [0.3, 0.4) is 0 Å². The van der Waals surface area contributed by atoms with Gasteiger partial charge in [0.2, 0.25) is 0 Å². The van der Waals surface area contributed by atoms with Crippen LogP contribution in [-0.2, 0) is 20.0 Å². The minimum atomic E-state index is 0.0594. The maximum absolute atomic E-state index is 9.40. The summed E-state index contributed by atoms with van der Waals surface area (Å²) in [4.78, 5) is 4.25. The molecule has 1 atom stereocenters. The van der Waals surface area contributed by atoms with Crippen LogP contribution in [0.25, 0.3) is 0 Å². The Balaban J connectivity index is 1.88. The van der Waals surface area contributed by atoms with E-state index in [9.17, 15) is 5.11 Å². The zero-order valence-electron chi connectivity index (χ0n) is 10.6. The summed E-state index contributed by atoms with van der Waals surface area (Å²) in [5.41, 5.74) is 1.23. The van der Waals surface area contributed by atoms with Crippen LogP contribution in [0, 0.1) is 0 Å². The van der Waals surface area contributed by atoms with E-state index in [4.69, 9.17) is 0 Å². The molecule has 2 aromatic rings. The van der Waals surface area contributed by atoms with Gasteiger partial charge in [-0.25, -0.2) is 4.98 Å². The van der Waals surface area contributed by atoms with Gasteiger partial charge in [-0.2, -0.15) is 0 Å². The molecule has 0 aliphatic heterocycles. The first kappa shape index (κ1) is 12.8. The molecule has 0 spiro atoms. The van der Waals surface area contributed by atoms with Crippen molar-refractivity contribution in [3.8, 4) is 0 Å². The molecule has 2 rings (SSSR count). The Bertz CT molecular complexity index is 467. The average Bonchev–Trinajstić information content (AvgIpc) is 2.81. The maximum atomic E-state index is 9.40. The third kappa shape index (κ3) is 3.42. The summed E-state index contributed by atoms with van der Waals surface area (Å²) in [5.74, 6) is 0.974. The quantitative estimate of drug-likeness (QED) is 0.801. The predicted molar refractivity (Wildman–Crippen MR) is 71.1 cm³/mol. The molecular weight excluding hydrogens is 226 g/mol. The number of nitrogens with one attached hydrogen (secondary N) is 1. The van der Waals surface area contributed by atoms with Gasteiger partial charge in [0.25, 0.3) is 0 Å². The molecule has 4 nitrogen and oxygen atoms in total. The highest BCUT2D eigenvalue weighted by Gasteiger charge is 2.09.